The number of aromatic nitrogens is 2. The highest BCUT2D eigenvalue weighted by Gasteiger charge is 2.19. The van der Waals surface area contributed by atoms with Gasteiger partial charge in [-0.25, -0.2) is 14.2 Å². The highest BCUT2D eigenvalue weighted by Crippen LogP contribution is 2.32. The molecule has 1 aromatic heterocycles. The summed E-state index contributed by atoms with van der Waals surface area (Å²) in [6.45, 7) is 4.73. The van der Waals surface area contributed by atoms with E-state index < -0.39 is 0 Å². The Kier molecular flexibility index (Phi) is 7.87. The average molecular weight is 527 g/mol. The molecule has 1 aliphatic rings. The second kappa shape index (κ2) is 11.2. The van der Waals surface area contributed by atoms with Gasteiger partial charge in [0.15, 0.2) is 0 Å². The lowest BCUT2D eigenvalue weighted by molar-refractivity contribution is -0.137. The molecule has 2 heterocycles. The Labute approximate surface area is 205 Å². The molecule has 0 bridgehead atoms. The zero-order valence-electron chi connectivity index (χ0n) is 18.6. The van der Waals surface area contributed by atoms with Crippen molar-refractivity contribution < 1.29 is 18.7 Å². The summed E-state index contributed by atoms with van der Waals surface area (Å²) in [5.41, 5.74) is 3.31. The van der Waals surface area contributed by atoms with Crippen LogP contribution in [-0.2, 0) is 14.3 Å². The van der Waals surface area contributed by atoms with Crippen molar-refractivity contribution in [1.29, 1.82) is 0 Å². The number of hydrogen-bond acceptors (Lipinski definition) is 7. The van der Waals surface area contributed by atoms with E-state index in [-0.39, 0.29) is 11.8 Å². The molecule has 0 radical (unpaired) electrons. The van der Waals surface area contributed by atoms with E-state index in [0.29, 0.717) is 49.0 Å². The van der Waals surface area contributed by atoms with Crippen LogP contribution >= 0.6 is 15.9 Å². The Morgan fingerprint density at radius 3 is 2.85 bits per heavy atom. The summed E-state index contributed by atoms with van der Waals surface area (Å²) in [6.07, 6.45) is 4.90. The van der Waals surface area contributed by atoms with Gasteiger partial charge in [-0.05, 0) is 64.3 Å². The fourth-order valence-corrected chi connectivity index (χ4v) is 3.90. The van der Waals surface area contributed by atoms with E-state index in [1.54, 1.807) is 31.3 Å². The van der Waals surface area contributed by atoms with Crippen molar-refractivity contribution in [2.24, 2.45) is 0 Å². The Morgan fingerprint density at radius 2 is 2.09 bits per heavy atom. The number of ether oxygens (including phenoxy) is 2. The molecule has 1 aliphatic heterocycles. The average Bonchev–Trinajstić information content (AvgIpc) is 2.86. The van der Waals surface area contributed by atoms with Gasteiger partial charge in [-0.2, -0.15) is 4.98 Å². The number of benzene rings is 2. The molecule has 4 rings (SSSR count). The summed E-state index contributed by atoms with van der Waals surface area (Å²) >= 11 is 3.20. The molecule has 0 saturated carbocycles. The summed E-state index contributed by atoms with van der Waals surface area (Å²) in [6, 6.07) is 12.4. The Bertz CT molecular complexity index is 1200. The van der Waals surface area contributed by atoms with E-state index in [2.05, 4.69) is 31.1 Å². The first-order valence-corrected chi connectivity index (χ1v) is 11.7. The molecular formula is C25H24BrFN4O3. The van der Waals surface area contributed by atoms with Crippen molar-refractivity contribution in [2.75, 3.05) is 43.1 Å². The van der Waals surface area contributed by atoms with Gasteiger partial charge in [0.2, 0.25) is 5.95 Å². The predicted molar refractivity (Wildman–Crippen MR) is 134 cm³/mol. The molecule has 0 spiro atoms. The number of nitrogens with zero attached hydrogens (tertiary/aromatic N) is 3. The molecule has 1 N–H and O–H groups in total. The third-order valence-corrected chi connectivity index (χ3v) is 5.76. The van der Waals surface area contributed by atoms with Gasteiger partial charge in [-0.1, -0.05) is 18.2 Å². The van der Waals surface area contributed by atoms with Crippen LogP contribution in [0, 0.1) is 5.82 Å². The summed E-state index contributed by atoms with van der Waals surface area (Å²) < 4.78 is 24.4. The standard InChI is InChI=1S/C25H24BrFN4O3/c1-2-34-23(32)9-6-17-4-3-5-18(14-17)20-16-28-25(29-19-7-8-22(27)21(26)15-19)30-24(20)31-10-12-33-13-11-31/h3-9,14-16H,2,10-13H2,1H3,(H,28,29,30). The maximum Gasteiger partial charge on any atom is 0.330 e. The van der Waals surface area contributed by atoms with Gasteiger partial charge in [-0.15, -0.1) is 0 Å². The molecule has 1 fully saturated rings. The van der Waals surface area contributed by atoms with Crippen LogP contribution < -0.4 is 10.2 Å². The van der Waals surface area contributed by atoms with Gasteiger partial charge in [0.05, 0.1) is 24.3 Å². The lowest BCUT2D eigenvalue weighted by Crippen LogP contribution is -2.37. The van der Waals surface area contributed by atoms with E-state index in [1.807, 2.05) is 24.3 Å². The van der Waals surface area contributed by atoms with Gasteiger partial charge < -0.3 is 19.7 Å². The highest BCUT2D eigenvalue weighted by atomic mass is 79.9. The lowest BCUT2D eigenvalue weighted by atomic mass is 10.0. The molecule has 176 valence electrons. The maximum atomic E-state index is 13.6. The second-order valence-electron chi connectivity index (χ2n) is 7.50. The molecule has 3 aromatic rings. The van der Waals surface area contributed by atoms with Crippen LogP contribution in [0.5, 0.6) is 0 Å². The molecule has 0 unspecified atom stereocenters. The molecule has 7 nitrogen and oxygen atoms in total. The smallest absolute Gasteiger partial charge is 0.330 e. The Hall–Kier alpha value is -3.30. The first kappa shape index (κ1) is 23.8. The summed E-state index contributed by atoms with van der Waals surface area (Å²) in [5, 5.41) is 3.15. The summed E-state index contributed by atoms with van der Waals surface area (Å²) in [5.74, 6) is 0.455. The van der Waals surface area contributed by atoms with E-state index in [1.165, 1.54) is 12.1 Å². The zero-order valence-corrected chi connectivity index (χ0v) is 20.2. The van der Waals surface area contributed by atoms with Crippen molar-refractivity contribution in [1.82, 2.24) is 9.97 Å². The number of esters is 1. The molecule has 0 atom stereocenters. The highest BCUT2D eigenvalue weighted by molar-refractivity contribution is 9.10. The molecule has 9 heteroatoms. The van der Waals surface area contributed by atoms with Crippen LogP contribution in [0.4, 0.5) is 21.8 Å². The van der Waals surface area contributed by atoms with Gasteiger partial charge in [0.25, 0.3) is 0 Å². The Morgan fingerprint density at radius 1 is 1.26 bits per heavy atom. The van der Waals surface area contributed by atoms with Crippen molar-refractivity contribution in [3.8, 4) is 11.1 Å². The fourth-order valence-electron chi connectivity index (χ4n) is 3.52. The molecule has 2 aromatic carbocycles. The minimum absolute atomic E-state index is 0.332. The van der Waals surface area contributed by atoms with Crippen LogP contribution in [-0.4, -0.2) is 48.8 Å². The van der Waals surface area contributed by atoms with Crippen LogP contribution in [0.3, 0.4) is 0 Å². The molecular weight excluding hydrogens is 503 g/mol. The zero-order chi connectivity index (χ0) is 23.9. The van der Waals surface area contributed by atoms with Crippen molar-refractivity contribution in [3.05, 3.63) is 70.6 Å². The van der Waals surface area contributed by atoms with E-state index >= 15 is 0 Å². The molecule has 34 heavy (non-hydrogen) atoms. The van der Waals surface area contributed by atoms with Crippen LogP contribution in [0.2, 0.25) is 0 Å². The third kappa shape index (κ3) is 5.98. The number of anilines is 3. The van der Waals surface area contributed by atoms with Crippen LogP contribution in [0.15, 0.2) is 59.2 Å². The number of rotatable bonds is 7. The van der Waals surface area contributed by atoms with Gasteiger partial charge >= 0.3 is 5.97 Å². The minimum atomic E-state index is -0.381. The largest absolute Gasteiger partial charge is 0.463 e. The second-order valence-corrected chi connectivity index (χ2v) is 8.35. The topological polar surface area (TPSA) is 76.6 Å². The fraction of sp³-hybridized carbons (Fsp3) is 0.240. The number of morpholine rings is 1. The van der Waals surface area contributed by atoms with Crippen LogP contribution in [0.1, 0.15) is 12.5 Å². The predicted octanol–water partition coefficient (Wildman–Crippen LogP) is 5.20. The van der Waals surface area contributed by atoms with Gasteiger partial charge in [0, 0.05) is 36.6 Å². The number of carbonyl (C=O) groups is 1. The molecule has 1 saturated heterocycles. The Balaban J connectivity index is 1.67. The maximum absolute atomic E-state index is 13.6. The lowest BCUT2D eigenvalue weighted by Gasteiger charge is -2.29. The van der Waals surface area contributed by atoms with E-state index in [9.17, 15) is 9.18 Å². The SMILES string of the molecule is CCOC(=O)C=Cc1cccc(-c2cnc(Nc3ccc(F)c(Br)c3)nc2N2CCOCC2)c1. The number of halogens is 2. The van der Waals surface area contributed by atoms with Crippen molar-refractivity contribution in [3.63, 3.8) is 0 Å². The summed E-state index contributed by atoms with van der Waals surface area (Å²) in [7, 11) is 0. The summed E-state index contributed by atoms with van der Waals surface area (Å²) in [4.78, 5) is 23.1. The van der Waals surface area contributed by atoms with Crippen molar-refractivity contribution >= 4 is 45.4 Å². The van der Waals surface area contributed by atoms with Crippen LogP contribution in [0.25, 0.3) is 17.2 Å². The number of hydrogen-bond donors (Lipinski definition) is 1. The number of carbonyl (C=O) groups excluding carboxylic acids is 1. The van der Waals surface area contributed by atoms with E-state index in [4.69, 9.17) is 14.5 Å². The molecule has 0 aliphatic carbocycles. The van der Waals surface area contributed by atoms with Crippen molar-refractivity contribution in [2.45, 2.75) is 6.92 Å². The monoisotopic (exact) mass is 526 g/mol. The molecule has 0 amide bonds. The van der Waals surface area contributed by atoms with Gasteiger partial charge in [0.1, 0.15) is 11.6 Å². The first-order chi connectivity index (χ1) is 16.5. The van der Waals surface area contributed by atoms with Gasteiger partial charge in [-0.3, -0.25) is 0 Å². The van der Waals surface area contributed by atoms with E-state index in [0.717, 1.165) is 22.5 Å². The normalized spacial score (nSPS) is 13.8. The minimum Gasteiger partial charge on any atom is -0.463 e. The third-order valence-electron chi connectivity index (χ3n) is 5.15. The first-order valence-electron chi connectivity index (χ1n) is 10.9. The quantitative estimate of drug-likeness (QED) is 0.334. The number of nitrogens with one attached hydrogen (secondary N) is 1.